The summed E-state index contributed by atoms with van der Waals surface area (Å²) < 4.78 is 10.5. The first kappa shape index (κ1) is 12.3. The minimum absolute atomic E-state index is 0.806. The van der Waals surface area contributed by atoms with Crippen molar-refractivity contribution in [3.05, 3.63) is 0 Å². The Morgan fingerprint density at radius 1 is 1.06 bits per heavy atom. The van der Waals surface area contributed by atoms with Crippen molar-refractivity contribution in [3.8, 4) is 0 Å². The second-order valence-corrected chi connectivity index (χ2v) is 5.11. The quantitative estimate of drug-likeness (QED) is 0.577. The van der Waals surface area contributed by atoms with Crippen molar-refractivity contribution in [2.24, 2.45) is 11.8 Å². The smallest absolute Gasteiger partial charge is 0.0591 e. The topological polar surface area (TPSA) is 30.5 Å². The van der Waals surface area contributed by atoms with E-state index < -0.39 is 0 Å². The fraction of sp³-hybridized carbons (Fsp3) is 1.00. The molecule has 2 saturated carbocycles. The summed E-state index contributed by atoms with van der Waals surface area (Å²) in [7, 11) is 1.73. The van der Waals surface area contributed by atoms with Crippen molar-refractivity contribution in [2.45, 2.75) is 38.1 Å². The van der Waals surface area contributed by atoms with Gasteiger partial charge in [0.2, 0.25) is 0 Å². The molecule has 0 heterocycles. The second-order valence-electron chi connectivity index (χ2n) is 5.11. The summed E-state index contributed by atoms with van der Waals surface area (Å²) in [6.45, 7) is 3.50. The molecule has 0 aromatic heterocycles. The van der Waals surface area contributed by atoms with Crippen molar-refractivity contribution in [1.82, 2.24) is 5.32 Å². The van der Waals surface area contributed by atoms with Crippen LogP contribution in [-0.2, 0) is 9.47 Å². The summed E-state index contributed by atoms with van der Waals surface area (Å²) in [6, 6.07) is 0.808. The van der Waals surface area contributed by atoms with Crippen LogP contribution in [0.2, 0.25) is 0 Å². The molecule has 3 nitrogen and oxygen atoms in total. The van der Waals surface area contributed by atoms with Crippen molar-refractivity contribution in [3.63, 3.8) is 0 Å². The predicted molar refractivity (Wildman–Crippen MR) is 64.6 cm³/mol. The number of hydrogen-bond acceptors (Lipinski definition) is 3. The van der Waals surface area contributed by atoms with Gasteiger partial charge in [0.15, 0.2) is 0 Å². The molecular weight excluding hydrogens is 202 g/mol. The molecule has 2 fully saturated rings. The van der Waals surface area contributed by atoms with Crippen LogP contribution >= 0.6 is 0 Å². The van der Waals surface area contributed by atoms with Gasteiger partial charge in [-0.1, -0.05) is 0 Å². The molecule has 0 atom stereocenters. The van der Waals surface area contributed by atoms with Crippen LogP contribution in [0.3, 0.4) is 0 Å². The molecule has 16 heavy (non-hydrogen) atoms. The third-order valence-corrected chi connectivity index (χ3v) is 3.52. The molecule has 0 aromatic carbocycles. The molecule has 0 aromatic rings. The van der Waals surface area contributed by atoms with E-state index in [-0.39, 0.29) is 0 Å². The molecule has 0 radical (unpaired) electrons. The van der Waals surface area contributed by atoms with E-state index in [0.29, 0.717) is 0 Å². The summed E-state index contributed by atoms with van der Waals surface area (Å²) in [5.74, 6) is 1.97. The van der Waals surface area contributed by atoms with Crippen LogP contribution < -0.4 is 5.32 Å². The number of ether oxygens (including phenoxy) is 2. The highest BCUT2D eigenvalue weighted by molar-refractivity contribution is 4.96. The van der Waals surface area contributed by atoms with E-state index in [1.54, 1.807) is 7.11 Å². The van der Waals surface area contributed by atoms with E-state index in [9.17, 15) is 0 Å². The summed E-state index contributed by atoms with van der Waals surface area (Å²) >= 11 is 0. The average Bonchev–Trinajstić information content (AvgIpc) is 3.16. The third-order valence-electron chi connectivity index (χ3n) is 3.52. The van der Waals surface area contributed by atoms with Gasteiger partial charge in [-0.15, -0.1) is 0 Å². The van der Waals surface area contributed by atoms with Crippen LogP contribution in [0.1, 0.15) is 32.1 Å². The first-order valence-corrected chi connectivity index (χ1v) is 6.72. The summed E-state index contributed by atoms with van der Waals surface area (Å²) in [6.07, 6.45) is 6.79. The Morgan fingerprint density at radius 3 is 2.31 bits per heavy atom. The standard InChI is InChI=1S/C13H25NO2/c1-15-8-2-9-16-10-7-14-13(11-3-4-11)12-5-6-12/h11-14H,2-10H2,1H3. The van der Waals surface area contributed by atoms with Crippen LogP contribution in [0.15, 0.2) is 0 Å². The van der Waals surface area contributed by atoms with Crippen LogP contribution in [0, 0.1) is 11.8 Å². The van der Waals surface area contributed by atoms with Gasteiger partial charge in [0.1, 0.15) is 0 Å². The minimum Gasteiger partial charge on any atom is -0.385 e. The largest absolute Gasteiger partial charge is 0.385 e. The molecule has 2 rings (SSSR count). The van der Waals surface area contributed by atoms with Crippen molar-refractivity contribution < 1.29 is 9.47 Å². The monoisotopic (exact) mass is 227 g/mol. The Kier molecular flexibility index (Phi) is 5.07. The van der Waals surface area contributed by atoms with Crippen LogP contribution in [0.4, 0.5) is 0 Å². The highest BCUT2D eigenvalue weighted by Gasteiger charge is 2.40. The maximum atomic E-state index is 5.54. The van der Waals surface area contributed by atoms with E-state index in [4.69, 9.17) is 9.47 Å². The first-order chi connectivity index (χ1) is 7.92. The molecule has 1 N–H and O–H groups in total. The third kappa shape index (κ3) is 4.40. The fourth-order valence-corrected chi connectivity index (χ4v) is 2.33. The summed E-state index contributed by atoms with van der Waals surface area (Å²) in [5.41, 5.74) is 0. The van der Waals surface area contributed by atoms with Gasteiger partial charge in [-0.25, -0.2) is 0 Å². The number of hydrogen-bond donors (Lipinski definition) is 1. The lowest BCUT2D eigenvalue weighted by atomic mass is 10.1. The Hall–Kier alpha value is -0.120. The number of methoxy groups -OCH3 is 1. The zero-order valence-electron chi connectivity index (χ0n) is 10.4. The normalized spacial score (nSPS) is 20.6. The Morgan fingerprint density at radius 2 is 1.75 bits per heavy atom. The highest BCUT2D eigenvalue weighted by Crippen LogP contribution is 2.44. The van der Waals surface area contributed by atoms with Crippen molar-refractivity contribution in [1.29, 1.82) is 0 Å². The Balaban J connectivity index is 1.44. The van der Waals surface area contributed by atoms with Gasteiger partial charge in [0.25, 0.3) is 0 Å². The van der Waals surface area contributed by atoms with E-state index >= 15 is 0 Å². The van der Waals surface area contributed by atoms with Crippen LogP contribution in [0.5, 0.6) is 0 Å². The van der Waals surface area contributed by atoms with Gasteiger partial charge in [-0.05, 0) is 43.9 Å². The second kappa shape index (κ2) is 6.58. The van der Waals surface area contributed by atoms with Gasteiger partial charge < -0.3 is 14.8 Å². The highest BCUT2D eigenvalue weighted by atomic mass is 16.5. The lowest BCUT2D eigenvalue weighted by Crippen LogP contribution is -2.35. The Labute approximate surface area is 98.9 Å². The molecule has 0 bridgehead atoms. The first-order valence-electron chi connectivity index (χ1n) is 6.72. The molecule has 0 spiro atoms. The maximum absolute atomic E-state index is 5.54. The van der Waals surface area contributed by atoms with Crippen molar-refractivity contribution >= 4 is 0 Å². The van der Waals surface area contributed by atoms with Gasteiger partial charge in [0.05, 0.1) is 6.61 Å². The SMILES string of the molecule is COCCCOCCNC(C1CC1)C1CC1. The molecule has 0 unspecified atom stereocenters. The number of nitrogens with one attached hydrogen (secondary N) is 1. The molecule has 94 valence electrons. The Bertz CT molecular complexity index is 178. The molecule has 0 saturated heterocycles. The van der Waals surface area contributed by atoms with Gasteiger partial charge >= 0.3 is 0 Å². The average molecular weight is 227 g/mol. The molecule has 2 aliphatic carbocycles. The lowest BCUT2D eigenvalue weighted by molar-refractivity contribution is 0.102. The predicted octanol–water partition coefficient (Wildman–Crippen LogP) is 1.82. The van der Waals surface area contributed by atoms with Gasteiger partial charge in [-0.2, -0.15) is 0 Å². The summed E-state index contributed by atoms with van der Waals surface area (Å²) in [5, 5.41) is 3.68. The van der Waals surface area contributed by atoms with E-state index in [1.165, 1.54) is 25.7 Å². The lowest BCUT2D eigenvalue weighted by Gasteiger charge is -2.17. The van der Waals surface area contributed by atoms with E-state index in [1.807, 2.05) is 0 Å². The van der Waals surface area contributed by atoms with Crippen LogP contribution in [-0.4, -0.2) is 39.5 Å². The van der Waals surface area contributed by atoms with Crippen molar-refractivity contribution in [2.75, 3.05) is 33.5 Å². The zero-order valence-corrected chi connectivity index (χ0v) is 10.4. The summed E-state index contributed by atoms with van der Waals surface area (Å²) in [4.78, 5) is 0. The maximum Gasteiger partial charge on any atom is 0.0591 e. The van der Waals surface area contributed by atoms with Gasteiger partial charge in [0, 0.05) is 32.9 Å². The minimum atomic E-state index is 0.806. The molecular formula is C13H25NO2. The fourth-order valence-electron chi connectivity index (χ4n) is 2.33. The van der Waals surface area contributed by atoms with Crippen LogP contribution in [0.25, 0.3) is 0 Å². The molecule has 3 heteroatoms. The molecule has 2 aliphatic rings. The molecule has 0 amide bonds. The van der Waals surface area contributed by atoms with E-state index in [0.717, 1.165) is 50.7 Å². The zero-order chi connectivity index (χ0) is 11.2. The molecule has 0 aliphatic heterocycles. The van der Waals surface area contributed by atoms with E-state index in [2.05, 4.69) is 5.32 Å². The van der Waals surface area contributed by atoms with Gasteiger partial charge in [-0.3, -0.25) is 0 Å². The number of rotatable bonds is 10.